The third-order valence-electron chi connectivity index (χ3n) is 6.22. The van der Waals surface area contributed by atoms with Gasteiger partial charge in [-0.15, -0.1) is 0 Å². The Labute approximate surface area is 207 Å². The zero-order chi connectivity index (χ0) is 25.2. The predicted molar refractivity (Wildman–Crippen MR) is 137 cm³/mol. The Balaban J connectivity index is 1.46. The Bertz CT molecular complexity index is 1450. The van der Waals surface area contributed by atoms with Gasteiger partial charge in [0.15, 0.2) is 5.82 Å². The fourth-order valence-electron chi connectivity index (χ4n) is 4.49. The summed E-state index contributed by atoms with van der Waals surface area (Å²) in [6, 6.07) is 9.15. The average Bonchev–Trinajstić information content (AvgIpc) is 3.15. The summed E-state index contributed by atoms with van der Waals surface area (Å²) in [5.41, 5.74) is 1.27. The third kappa shape index (κ3) is 4.76. The van der Waals surface area contributed by atoms with Crippen LogP contribution in [0.3, 0.4) is 0 Å². The lowest BCUT2D eigenvalue weighted by molar-refractivity contribution is 0.596. The van der Waals surface area contributed by atoms with Crippen molar-refractivity contribution in [3.05, 3.63) is 70.8 Å². The lowest BCUT2D eigenvalue weighted by Crippen LogP contribution is -2.27. The monoisotopic (exact) mass is 491 g/mol. The van der Waals surface area contributed by atoms with Crippen molar-refractivity contribution in [2.24, 2.45) is 0 Å². The maximum absolute atomic E-state index is 15.0. The third-order valence-corrected chi connectivity index (χ3v) is 6.22. The molecule has 5 rings (SSSR count). The second-order valence-corrected chi connectivity index (χ2v) is 9.03. The minimum absolute atomic E-state index is 0.0754. The van der Waals surface area contributed by atoms with Gasteiger partial charge < -0.3 is 20.1 Å². The largest absolute Gasteiger partial charge is 0.369 e. The Morgan fingerprint density at radius 1 is 1.00 bits per heavy atom. The van der Waals surface area contributed by atoms with Crippen LogP contribution in [-0.2, 0) is 0 Å². The fourth-order valence-corrected chi connectivity index (χ4v) is 4.49. The van der Waals surface area contributed by atoms with Gasteiger partial charge in [-0.2, -0.15) is 0 Å². The maximum atomic E-state index is 15.0. The molecular formula is C26H27F2N7O. The van der Waals surface area contributed by atoms with Crippen LogP contribution in [0.1, 0.15) is 26.3 Å². The van der Waals surface area contributed by atoms with E-state index >= 15 is 0 Å². The van der Waals surface area contributed by atoms with Gasteiger partial charge >= 0.3 is 0 Å². The normalized spacial score (nSPS) is 14.3. The zero-order valence-corrected chi connectivity index (χ0v) is 20.1. The van der Waals surface area contributed by atoms with E-state index in [1.807, 2.05) is 26.0 Å². The van der Waals surface area contributed by atoms with Gasteiger partial charge in [-0.05, 0) is 57.1 Å². The molecule has 2 N–H and O–H groups in total. The smallest absolute Gasteiger partial charge is 0.251 e. The summed E-state index contributed by atoms with van der Waals surface area (Å²) in [6.45, 7) is 7.46. The van der Waals surface area contributed by atoms with Crippen molar-refractivity contribution in [1.29, 1.82) is 0 Å². The number of nitrogens with one attached hydrogen (secondary N) is 2. The van der Waals surface area contributed by atoms with E-state index in [4.69, 9.17) is 0 Å². The highest BCUT2D eigenvalue weighted by atomic mass is 19.1. The number of pyridine rings is 2. The number of halogens is 2. The topological polar surface area (TPSA) is 88.0 Å². The van der Waals surface area contributed by atoms with Crippen molar-refractivity contribution in [1.82, 2.24) is 24.8 Å². The van der Waals surface area contributed by atoms with Gasteiger partial charge in [0.1, 0.15) is 17.3 Å². The van der Waals surface area contributed by atoms with Crippen LogP contribution in [0.25, 0.3) is 22.2 Å². The Morgan fingerprint density at radius 2 is 1.86 bits per heavy atom. The quantitative estimate of drug-likeness (QED) is 0.431. The number of rotatable bonds is 5. The van der Waals surface area contributed by atoms with Crippen LogP contribution in [0.5, 0.6) is 0 Å². The number of hydrogen-bond acceptors (Lipinski definition) is 7. The molecule has 186 valence electrons. The van der Waals surface area contributed by atoms with Gasteiger partial charge in [0, 0.05) is 42.7 Å². The highest BCUT2D eigenvalue weighted by molar-refractivity contribution is 5.85. The van der Waals surface area contributed by atoms with Gasteiger partial charge in [-0.25, -0.2) is 23.7 Å². The van der Waals surface area contributed by atoms with E-state index in [2.05, 4.69) is 30.5 Å². The van der Waals surface area contributed by atoms with Crippen molar-refractivity contribution in [3.8, 4) is 11.3 Å². The Kier molecular flexibility index (Phi) is 6.60. The molecular weight excluding hydrogens is 464 g/mol. The highest BCUT2D eigenvalue weighted by Gasteiger charge is 2.17. The van der Waals surface area contributed by atoms with E-state index in [9.17, 15) is 13.6 Å². The number of aromatic nitrogens is 4. The zero-order valence-electron chi connectivity index (χ0n) is 20.1. The van der Waals surface area contributed by atoms with Crippen LogP contribution in [0.4, 0.5) is 26.2 Å². The summed E-state index contributed by atoms with van der Waals surface area (Å²) in [6.07, 6.45) is 3.88. The SMILES string of the molecule is CC(C)n1c(=O)ccc2c(F)cc(-c3nc(Nc4ccc(N5CCCNCC5)cn4)ncc3F)cc21. The van der Waals surface area contributed by atoms with Crippen molar-refractivity contribution in [3.63, 3.8) is 0 Å². The molecule has 0 spiro atoms. The second-order valence-electron chi connectivity index (χ2n) is 9.03. The van der Waals surface area contributed by atoms with E-state index in [1.165, 1.54) is 22.8 Å². The highest BCUT2D eigenvalue weighted by Crippen LogP contribution is 2.29. The van der Waals surface area contributed by atoms with Crippen molar-refractivity contribution in [2.75, 3.05) is 36.4 Å². The first-order valence-corrected chi connectivity index (χ1v) is 12.0. The van der Waals surface area contributed by atoms with E-state index in [0.717, 1.165) is 44.5 Å². The predicted octanol–water partition coefficient (Wildman–Crippen LogP) is 4.26. The minimum atomic E-state index is -0.702. The first-order valence-electron chi connectivity index (χ1n) is 12.0. The lowest BCUT2D eigenvalue weighted by Gasteiger charge is -2.21. The van der Waals surface area contributed by atoms with Crippen molar-refractivity contribution >= 4 is 28.4 Å². The molecule has 0 aliphatic carbocycles. The van der Waals surface area contributed by atoms with Crippen molar-refractivity contribution in [2.45, 2.75) is 26.3 Å². The molecule has 0 atom stereocenters. The number of fused-ring (bicyclic) bond motifs is 1. The summed E-state index contributed by atoms with van der Waals surface area (Å²) in [5.74, 6) is -0.639. The molecule has 0 radical (unpaired) electrons. The Hall–Kier alpha value is -3.92. The molecule has 3 aromatic heterocycles. The van der Waals surface area contributed by atoms with E-state index < -0.39 is 11.6 Å². The van der Waals surface area contributed by atoms with Crippen molar-refractivity contribution < 1.29 is 8.78 Å². The fraction of sp³-hybridized carbons (Fsp3) is 0.308. The van der Waals surface area contributed by atoms with Gasteiger partial charge in [0.2, 0.25) is 5.95 Å². The summed E-state index contributed by atoms with van der Waals surface area (Å²) < 4.78 is 31.3. The van der Waals surface area contributed by atoms with Crippen LogP contribution >= 0.6 is 0 Å². The van der Waals surface area contributed by atoms with E-state index in [0.29, 0.717) is 11.3 Å². The minimum Gasteiger partial charge on any atom is -0.369 e. The molecule has 1 aliphatic heterocycles. The maximum Gasteiger partial charge on any atom is 0.251 e. The van der Waals surface area contributed by atoms with Crippen LogP contribution in [0.2, 0.25) is 0 Å². The van der Waals surface area contributed by atoms with Crippen LogP contribution in [0, 0.1) is 11.6 Å². The number of nitrogens with zero attached hydrogens (tertiary/aromatic N) is 5. The summed E-state index contributed by atoms with van der Waals surface area (Å²) in [4.78, 5) is 27.5. The molecule has 4 heterocycles. The number of anilines is 3. The Morgan fingerprint density at radius 3 is 2.64 bits per heavy atom. The van der Waals surface area contributed by atoms with Gasteiger partial charge in [-0.1, -0.05) is 0 Å². The van der Waals surface area contributed by atoms with Crippen LogP contribution in [-0.4, -0.2) is 45.7 Å². The molecule has 1 aliphatic rings. The molecule has 0 saturated carbocycles. The molecule has 8 nitrogen and oxygen atoms in total. The summed E-state index contributed by atoms with van der Waals surface area (Å²) in [7, 11) is 0. The molecule has 0 unspecified atom stereocenters. The van der Waals surface area contributed by atoms with Crippen LogP contribution < -0.4 is 21.1 Å². The summed E-state index contributed by atoms with van der Waals surface area (Å²) in [5, 5.41) is 6.65. The first kappa shape index (κ1) is 23.8. The average molecular weight is 492 g/mol. The molecule has 4 aromatic rings. The molecule has 1 fully saturated rings. The standard InChI is InChI=1S/C26H27F2N7O/c1-16(2)35-22-13-17(12-20(27)19(22)5-7-24(35)36)25-21(28)15-31-26(33-25)32-23-6-4-18(14-30-23)34-10-3-8-29-9-11-34/h4-7,12-16,29H,3,8-11H2,1-2H3,(H,30,31,32,33). The summed E-state index contributed by atoms with van der Waals surface area (Å²) >= 11 is 0. The van der Waals surface area contributed by atoms with Gasteiger partial charge in [0.05, 0.1) is 23.6 Å². The molecule has 0 amide bonds. The second kappa shape index (κ2) is 9.98. The molecule has 1 aromatic carbocycles. The van der Waals surface area contributed by atoms with Gasteiger partial charge in [-0.3, -0.25) is 4.79 Å². The van der Waals surface area contributed by atoms with E-state index in [-0.39, 0.29) is 34.2 Å². The van der Waals surface area contributed by atoms with Gasteiger partial charge in [0.25, 0.3) is 5.56 Å². The molecule has 36 heavy (non-hydrogen) atoms. The molecule has 1 saturated heterocycles. The van der Waals surface area contributed by atoms with Crippen LogP contribution in [0.15, 0.2) is 53.6 Å². The number of hydrogen-bond donors (Lipinski definition) is 2. The van der Waals surface area contributed by atoms with E-state index in [1.54, 1.807) is 12.3 Å². The number of benzene rings is 1. The first-order chi connectivity index (χ1) is 17.4. The molecule has 0 bridgehead atoms. The lowest BCUT2D eigenvalue weighted by atomic mass is 10.1. The molecule has 10 heteroatoms.